The molecule has 2 N–H and O–H groups in total. The van der Waals surface area contributed by atoms with Gasteiger partial charge in [-0.1, -0.05) is 36.4 Å². The summed E-state index contributed by atoms with van der Waals surface area (Å²) in [6, 6.07) is 13.4. The van der Waals surface area contributed by atoms with E-state index in [0.717, 1.165) is 5.56 Å². The fourth-order valence-electron chi connectivity index (χ4n) is 2.31. The Labute approximate surface area is 166 Å². The van der Waals surface area contributed by atoms with E-state index >= 15 is 0 Å². The molecule has 0 bridgehead atoms. The summed E-state index contributed by atoms with van der Waals surface area (Å²) in [7, 11) is -2.63. The number of aromatic nitrogens is 1. The van der Waals surface area contributed by atoms with Gasteiger partial charge in [0.15, 0.2) is 5.03 Å². The Bertz CT molecular complexity index is 1120. The van der Waals surface area contributed by atoms with E-state index in [1.54, 1.807) is 6.08 Å². The van der Waals surface area contributed by atoms with Gasteiger partial charge < -0.3 is 9.84 Å². The molecule has 9 heteroatoms. The highest BCUT2D eigenvalue weighted by atomic mass is 32.2. The van der Waals surface area contributed by atoms with Gasteiger partial charge in [0.2, 0.25) is 0 Å². The summed E-state index contributed by atoms with van der Waals surface area (Å²) in [6.07, 6.45) is 3.58. The van der Waals surface area contributed by atoms with Crippen molar-refractivity contribution < 1.29 is 23.1 Å². The number of carbonyl (C=O) groups is 1. The van der Waals surface area contributed by atoms with Crippen LogP contribution in [0.3, 0.4) is 0 Å². The van der Waals surface area contributed by atoms with Crippen LogP contribution in [0.4, 0.5) is 5.69 Å². The smallest absolute Gasteiger partial charge is 0.335 e. The number of aromatic carboxylic acids is 1. The highest BCUT2D eigenvalue weighted by Gasteiger charge is 2.20. The number of thiazole rings is 1. The van der Waals surface area contributed by atoms with Crippen molar-refractivity contribution in [3.8, 4) is 5.75 Å². The molecule has 3 rings (SSSR count). The van der Waals surface area contributed by atoms with E-state index in [2.05, 4.69) is 9.71 Å². The van der Waals surface area contributed by atoms with Gasteiger partial charge in [-0.15, -0.1) is 11.3 Å². The van der Waals surface area contributed by atoms with Gasteiger partial charge in [-0.05, 0) is 29.8 Å². The quantitative estimate of drug-likeness (QED) is 0.607. The Balaban J connectivity index is 1.81. The zero-order valence-electron chi connectivity index (χ0n) is 14.7. The summed E-state index contributed by atoms with van der Waals surface area (Å²) in [5.74, 6) is -1.04. The summed E-state index contributed by atoms with van der Waals surface area (Å²) in [5.41, 5.74) is 1.09. The number of anilines is 1. The fraction of sp³-hybridized carbons (Fsp3) is 0.0526. The van der Waals surface area contributed by atoms with Crippen molar-refractivity contribution in [2.75, 3.05) is 11.8 Å². The van der Waals surface area contributed by atoms with Crippen LogP contribution in [-0.4, -0.2) is 31.6 Å². The summed E-state index contributed by atoms with van der Waals surface area (Å²) in [6.45, 7) is 0. The van der Waals surface area contributed by atoms with Gasteiger partial charge >= 0.3 is 5.97 Å². The molecule has 144 valence electrons. The van der Waals surface area contributed by atoms with E-state index in [4.69, 9.17) is 9.84 Å². The van der Waals surface area contributed by atoms with Gasteiger partial charge in [0.25, 0.3) is 10.0 Å². The molecule has 0 saturated carbocycles. The molecule has 7 nitrogen and oxygen atoms in total. The molecular formula is C19H16N2O5S2. The topological polar surface area (TPSA) is 106 Å². The van der Waals surface area contributed by atoms with E-state index in [1.165, 1.54) is 42.0 Å². The number of sulfonamides is 1. The van der Waals surface area contributed by atoms with E-state index in [-0.39, 0.29) is 22.0 Å². The van der Waals surface area contributed by atoms with Crippen LogP contribution in [0.15, 0.2) is 58.9 Å². The first kappa shape index (κ1) is 19.6. The molecule has 0 aliphatic carbocycles. The number of nitrogens with one attached hydrogen (secondary N) is 1. The molecule has 0 saturated heterocycles. The predicted octanol–water partition coefficient (Wildman–Crippen LogP) is 3.82. The molecule has 28 heavy (non-hydrogen) atoms. The molecule has 3 aromatic rings. The maximum atomic E-state index is 12.6. The lowest BCUT2D eigenvalue weighted by atomic mass is 10.2. The number of hydrogen-bond donors (Lipinski definition) is 2. The van der Waals surface area contributed by atoms with Crippen molar-refractivity contribution in [3.63, 3.8) is 0 Å². The molecule has 0 spiro atoms. The first-order chi connectivity index (χ1) is 13.4. The van der Waals surface area contributed by atoms with Crippen LogP contribution in [0.25, 0.3) is 12.2 Å². The third kappa shape index (κ3) is 4.56. The highest BCUT2D eigenvalue weighted by molar-refractivity contribution is 7.92. The van der Waals surface area contributed by atoms with Crippen molar-refractivity contribution >= 4 is 45.2 Å². The van der Waals surface area contributed by atoms with Crippen molar-refractivity contribution in [1.82, 2.24) is 4.98 Å². The van der Waals surface area contributed by atoms with Crippen LogP contribution in [0.1, 0.15) is 20.9 Å². The lowest BCUT2D eigenvalue weighted by Crippen LogP contribution is -2.14. The van der Waals surface area contributed by atoms with Crippen molar-refractivity contribution in [1.29, 1.82) is 0 Å². The summed E-state index contributed by atoms with van der Waals surface area (Å²) >= 11 is 1.20. The van der Waals surface area contributed by atoms with Crippen LogP contribution in [0.5, 0.6) is 5.75 Å². The van der Waals surface area contributed by atoms with Gasteiger partial charge in [0, 0.05) is 5.38 Å². The summed E-state index contributed by atoms with van der Waals surface area (Å²) in [4.78, 5) is 15.2. The normalized spacial score (nSPS) is 11.5. The van der Waals surface area contributed by atoms with Crippen LogP contribution >= 0.6 is 11.3 Å². The average molecular weight is 416 g/mol. The second-order valence-corrected chi connectivity index (χ2v) is 8.11. The van der Waals surface area contributed by atoms with E-state index < -0.39 is 16.0 Å². The number of hydrogen-bond acceptors (Lipinski definition) is 6. The predicted molar refractivity (Wildman–Crippen MR) is 108 cm³/mol. The number of carboxylic acids is 1. The van der Waals surface area contributed by atoms with Crippen LogP contribution in [-0.2, 0) is 10.0 Å². The van der Waals surface area contributed by atoms with E-state index in [0.29, 0.717) is 5.01 Å². The van der Waals surface area contributed by atoms with Gasteiger partial charge in [-0.2, -0.15) is 8.42 Å². The van der Waals surface area contributed by atoms with E-state index in [1.807, 2.05) is 36.4 Å². The van der Waals surface area contributed by atoms with Crippen molar-refractivity contribution in [2.45, 2.75) is 5.03 Å². The van der Waals surface area contributed by atoms with Crippen molar-refractivity contribution in [3.05, 3.63) is 70.0 Å². The lowest BCUT2D eigenvalue weighted by molar-refractivity contribution is 0.0696. The standard InChI is InChI=1S/C19H16N2O5S2/c1-26-16-11-14(19(22)23)8-9-15(16)21-28(24,25)18-12-27-17(20-18)10-7-13-5-3-2-4-6-13/h2-12,21H,1H3,(H,22,23)/b10-7+. The maximum absolute atomic E-state index is 12.6. The average Bonchev–Trinajstić information content (AvgIpc) is 3.17. The highest BCUT2D eigenvalue weighted by Crippen LogP contribution is 2.28. The minimum Gasteiger partial charge on any atom is -0.495 e. The molecule has 0 aliphatic heterocycles. The van der Waals surface area contributed by atoms with E-state index in [9.17, 15) is 13.2 Å². The molecule has 0 radical (unpaired) electrons. The molecule has 0 atom stereocenters. The number of methoxy groups -OCH3 is 1. The van der Waals surface area contributed by atoms with Gasteiger partial charge in [-0.3, -0.25) is 4.72 Å². The maximum Gasteiger partial charge on any atom is 0.335 e. The number of nitrogens with zero attached hydrogens (tertiary/aromatic N) is 1. The molecule has 0 amide bonds. The number of carboxylic acid groups (broad SMARTS) is 1. The monoisotopic (exact) mass is 416 g/mol. The van der Waals surface area contributed by atoms with Gasteiger partial charge in [0.1, 0.15) is 10.8 Å². The third-order valence-electron chi connectivity index (χ3n) is 3.69. The molecule has 2 aromatic carbocycles. The largest absolute Gasteiger partial charge is 0.495 e. The van der Waals surface area contributed by atoms with Crippen LogP contribution < -0.4 is 9.46 Å². The Morgan fingerprint density at radius 3 is 2.61 bits per heavy atom. The first-order valence-corrected chi connectivity index (χ1v) is 10.4. The minimum absolute atomic E-state index is 0.0122. The molecule has 0 fully saturated rings. The Morgan fingerprint density at radius 1 is 1.18 bits per heavy atom. The number of benzene rings is 2. The minimum atomic E-state index is -3.95. The lowest BCUT2D eigenvalue weighted by Gasteiger charge is -2.11. The Kier molecular flexibility index (Phi) is 5.76. The molecule has 0 unspecified atom stereocenters. The molecular weight excluding hydrogens is 400 g/mol. The zero-order chi connectivity index (χ0) is 20.1. The fourth-order valence-corrected chi connectivity index (χ4v) is 4.37. The third-order valence-corrected chi connectivity index (χ3v) is 5.89. The number of rotatable bonds is 7. The van der Waals surface area contributed by atoms with Gasteiger partial charge in [0.05, 0.1) is 18.4 Å². The first-order valence-electron chi connectivity index (χ1n) is 8.02. The molecule has 0 aliphatic rings. The molecule has 1 aromatic heterocycles. The number of ether oxygens (including phenoxy) is 1. The Morgan fingerprint density at radius 2 is 1.93 bits per heavy atom. The summed E-state index contributed by atoms with van der Waals surface area (Å²) < 4.78 is 32.7. The second kappa shape index (κ2) is 8.24. The van der Waals surface area contributed by atoms with Crippen molar-refractivity contribution in [2.24, 2.45) is 0 Å². The van der Waals surface area contributed by atoms with Crippen LogP contribution in [0, 0.1) is 0 Å². The summed E-state index contributed by atoms with van der Waals surface area (Å²) in [5, 5.41) is 10.9. The zero-order valence-corrected chi connectivity index (χ0v) is 16.3. The van der Waals surface area contributed by atoms with Gasteiger partial charge in [-0.25, -0.2) is 9.78 Å². The Hall–Kier alpha value is -3.17. The second-order valence-electron chi connectivity index (χ2n) is 5.59. The molecule has 1 heterocycles. The SMILES string of the molecule is COc1cc(C(=O)O)ccc1NS(=O)(=O)c1csc(/C=C/c2ccccc2)n1. The van der Waals surface area contributed by atoms with Crippen LogP contribution in [0.2, 0.25) is 0 Å².